The molecule has 10 rings (SSSR count). The summed E-state index contributed by atoms with van der Waals surface area (Å²) in [5.41, 5.74) is 14.2. The quantitative estimate of drug-likeness (QED) is 0.166. The van der Waals surface area contributed by atoms with Crippen LogP contribution >= 0.6 is 0 Å². The second kappa shape index (κ2) is 14.1. The Labute approximate surface area is 368 Å². The number of nitrogens with zero attached hydrogens (tertiary/aromatic N) is 2. The van der Waals surface area contributed by atoms with Crippen LogP contribution in [0, 0.1) is 23.0 Å². The van der Waals surface area contributed by atoms with Crippen molar-refractivity contribution < 1.29 is 27.3 Å². The fraction of sp³-hybridized carbons (Fsp3) is 0.382. The normalized spacial score (nSPS) is 19.2. The van der Waals surface area contributed by atoms with Crippen molar-refractivity contribution in [3.63, 3.8) is 0 Å². The summed E-state index contributed by atoms with van der Waals surface area (Å²) in [5.74, 6) is 0. The zero-order valence-electron chi connectivity index (χ0n) is 38.6. The summed E-state index contributed by atoms with van der Waals surface area (Å²) in [6, 6.07) is 38.2. The molecule has 3 aliphatic rings. The summed E-state index contributed by atoms with van der Waals surface area (Å²) < 4.78 is 24.6. The third-order valence-electron chi connectivity index (χ3n) is 14.2. The van der Waals surface area contributed by atoms with Gasteiger partial charge >= 0.3 is 0 Å². The van der Waals surface area contributed by atoms with Crippen LogP contribution in [-0.4, -0.2) is 9.97 Å². The van der Waals surface area contributed by atoms with Crippen LogP contribution in [0.2, 0.25) is 0 Å². The molecule has 1 radical (unpaired) electrons. The van der Waals surface area contributed by atoms with Crippen LogP contribution in [0.1, 0.15) is 124 Å². The van der Waals surface area contributed by atoms with Gasteiger partial charge in [0, 0.05) is 51.6 Å². The number of fused-ring (bicyclic) bond motifs is 7. The van der Waals surface area contributed by atoms with Gasteiger partial charge in [-0.2, -0.15) is 0 Å². The molecule has 4 aromatic carbocycles. The topological polar surface area (TPSA) is 38.9 Å². The Morgan fingerprint density at radius 3 is 2.03 bits per heavy atom. The minimum absolute atomic E-state index is 0. The van der Waals surface area contributed by atoms with Crippen LogP contribution in [-0.2, 0) is 61.0 Å². The van der Waals surface area contributed by atoms with Gasteiger partial charge in [-0.05, 0) is 98.0 Å². The minimum Gasteiger partial charge on any atom is -0.500 e. The van der Waals surface area contributed by atoms with Gasteiger partial charge in [-0.3, -0.25) is 0 Å². The first kappa shape index (κ1) is 38.8. The minimum atomic E-state index is -1.52. The third kappa shape index (κ3) is 6.56. The molecule has 3 nitrogen and oxygen atoms in total. The van der Waals surface area contributed by atoms with Gasteiger partial charge in [0.15, 0.2) is 0 Å². The fourth-order valence-corrected chi connectivity index (χ4v) is 11.5. The summed E-state index contributed by atoms with van der Waals surface area (Å²) >= 11 is 0. The van der Waals surface area contributed by atoms with E-state index in [-0.39, 0.29) is 47.2 Å². The van der Waals surface area contributed by atoms with Crippen molar-refractivity contribution in [2.45, 2.75) is 123 Å². The Hall–Kier alpha value is -4.37. The van der Waals surface area contributed by atoms with Crippen LogP contribution in [0.25, 0.3) is 44.5 Å². The number of benzene rings is 4. The predicted molar refractivity (Wildman–Crippen MR) is 240 cm³/mol. The number of pyridine rings is 2. The maximum atomic E-state index is 8.83. The molecule has 7 aromatic rings. The molecule has 0 saturated heterocycles. The van der Waals surface area contributed by atoms with E-state index in [1.807, 2.05) is 51.1 Å². The largest absolute Gasteiger partial charge is 0.500 e. The van der Waals surface area contributed by atoms with E-state index >= 15 is 0 Å². The Balaban J connectivity index is 0.000000215. The van der Waals surface area contributed by atoms with Gasteiger partial charge in [0.1, 0.15) is 5.58 Å². The molecule has 59 heavy (non-hydrogen) atoms. The molecular formula is C55H58IrN2O-2. The number of hydrogen-bond acceptors (Lipinski definition) is 3. The molecule has 0 bridgehead atoms. The van der Waals surface area contributed by atoms with Gasteiger partial charge in [-0.25, -0.2) is 0 Å². The Morgan fingerprint density at radius 2 is 1.36 bits per heavy atom. The van der Waals surface area contributed by atoms with E-state index in [0.29, 0.717) is 11.3 Å². The van der Waals surface area contributed by atoms with Gasteiger partial charge in [0.05, 0.1) is 5.58 Å². The monoisotopic (exact) mass is 957 g/mol. The predicted octanol–water partition coefficient (Wildman–Crippen LogP) is 13.9. The molecule has 0 amide bonds. The zero-order valence-corrected chi connectivity index (χ0v) is 39.0. The maximum Gasteiger partial charge on any atom is 0.125 e. The van der Waals surface area contributed by atoms with Crippen LogP contribution in [0.15, 0.2) is 108 Å². The third-order valence-corrected chi connectivity index (χ3v) is 14.2. The maximum absolute atomic E-state index is 8.83. The fourth-order valence-electron chi connectivity index (χ4n) is 11.5. The Morgan fingerprint density at radius 1 is 0.678 bits per heavy atom. The van der Waals surface area contributed by atoms with Crippen LogP contribution < -0.4 is 0 Å². The molecular weight excluding hydrogens is 897 g/mol. The molecule has 0 aliphatic heterocycles. The van der Waals surface area contributed by atoms with Crippen LogP contribution in [0.4, 0.5) is 0 Å². The molecule has 0 fully saturated rings. The van der Waals surface area contributed by atoms with E-state index in [9.17, 15) is 0 Å². The second-order valence-corrected chi connectivity index (χ2v) is 20.7. The van der Waals surface area contributed by atoms with Gasteiger partial charge in [0.25, 0.3) is 0 Å². The first-order valence-electron chi connectivity index (χ1n) is 22.0. The number of hydrogen-bond donors (Lipinski definition) is 0. The number of rotatable bonds is 3. The molecule has 0 unspecified atom stereocenters. The van der Waals surface area contributed by atoms with Crippen LogP contribution in [0.3, 0.4) is 0 Å². The van der Waals surface area contributed by atoms with E-state index < -0.39 is 11.8 Å². The molecule has 0 N–H and O–H groups in total. The molecule has 305 valence electrons. The van der Waals surface area contributed by atoms with E-state index in [2.05, 4.69) is 138 Å². The van der Waals surface area contributed by atoms with E-state index in [1.165, 1.54) is 39.8 Å². The van der Waals surface area contributed by atoms with Crippen molar-refractivity contribution in [3.05, 3.63) is 154 Å². The summed E-state index contributed by atoms with van der Waals surface area (Å²) in [6.07, 6.45) is 5.56. The smallest absolute Gasteiger partial charge is 0.125 e. The Kier molecular flexibility index (Phi) is 9.28. The van der Waals surface area contributed by atoms with Gasteiger partial charge in [0.2, 0.25) is 0 Å². The molecule has 0 atom stereocenters. The number of aromatic nitrogens is 2. The van der Waals surface area contributed by atoms with Gasteiger partial charge < -0.3 is 14.4 Å². The van der Waals surface area contributed by atoms with Crippen molar-refractivity contribution in [2.24, 2.45) is 10.8 Å². The molecule has 3 aliphatic carbocycles. The molecule has 4 heteroatoms. The zero-order chi connectivity index (χ0) is 42.8. The standard InChI is InChI=1S/C37H38NO.C18H20N.Ir/c1-34(2,3)20-23-17-18-38-30(19-23)28-14-10-13-26-27-15-16-29-31(33(27)39-32(26)28)36(6,7)37(35(29,4)5)21-24-11-8-9-12-25(24)22-37;1-17(2)12-18(3,4)15-11-19-16(10-14(15)17)13-8-6-5-7-9-13;/h8-13,15-19H,20-22H2,1-7H3;5-8,10-11H,12H2,1-4H3;/q2*-1;/i20D2;;. The summed E-state index contributed by atoms with van der Waals surface area (Å²) in [5, 5.41) is 2.17. The molecule has 1 spiro atoms. The van der Waals surface area contributed by atoms with Crippen LogP contribution in [0.5, 0.6) is 0 Å². The van der Waals surface area contributed by atoms with E-state index in [0.717, 1.165) is 51.6 Å². The summed E-state index contributed by atoms with van der Waals surface area (Å²) in [7, 11) is 0. The van der Waals surface area contributed by atoms with Crippen molar-refractivity contribution in [1.82, 2.24) is 9.97 Å². The van der Waals surface area contributed by atoms with Gasteiger partial charge in [-0.1, -0.05) is 141 Å². The number of furan rings is 1. The van der Waals surface area contributed by atoms with Crippen molar-refractivity contribution in [2.75, 3.05) is 0 Å². The summed E-state index contributed by atoms with van der Waals surface area (Å²) in [6.45, 7) is 24.8. The summed E-state index contributed by atoms with van der Waals surface area (Å²) in [4.78, 5) is 9.32. The first-order valence-corrected chi connectivity index (χ1v) is 21.0. The Bertz CT molecular complexity index is 2800. The van der Waals surface area contributed by atoms with Crippen molar-refractivity contribution in [3.8, 4) is 22.5 Å². The molecule has 3 heterocycles. The van der Waals surface area contributed by atoms with Gasteiger partial charge in [-0.15, -0.1) is 54.1 Å². The van der Waals surface area contributed by atoms with Crippen molar-refractivity contribution >= 4 is 21.9 Å². The van der Waals surface area contributed by atoms with Crippen molar-refractivity contribution in [1.29, 1.82) is 0 Å². The second-order valence-electron chi connectivity index (χ2n) is 20.7. The average Bonchev–Trinajstić information content (AvgIpc) is 3.88. The first-order chi connectivity index (χ1) is 28.1. The van der Waals surface area contributed by atoms with E-state index in [1.54, 1.807) is 12.3 Å². The molecule has 0 saturated carbocycles. The van der Waals surface area contributed by atoms with E-state index in [4.69, 9.17) is 7.16 Å². The SMILES string of the molecule is CC1(C)CC(C)(C)c2cc(-c3[c-]cccc3)ncc21.[2H]C([2H])(c1ccnc(-c2[c-]ccc3c2oc2c4c(ccc23)C(C)(C)C2(Cc3ccccc3C2)C4(C)C)c1)C(C)(C)C.[Ir]. The average molecular weight is 957 g/mol. The molecule has 3 aromatic heterocycles.